The summed E-state index contributed by atoms with van der Waals surface area (Å²) in [4.78, 5) is 24.1. The maximum absolute atomic E-state index is 10.8. The lowest BCUT2D eigenvalue weighted by Crippen LogP contribution is -1.94. The second-order valence-electron chi connectivity index (χ2n) is 5.15. The molecule has 0 saturated carbocycles. The molecule has 27 heavy (non-hydrogen) atoms. The average Bonchev–Trinajstić information content (AvgIpc) is 3.10. The number of anilines is 1. The summed E-state index contributed by atoms with van der Waals surface area (Å²) < 4.78 is 5.59. The van der Waals surface area contributed by atoms with Crippen LogP contribution in [0.25, 0.3) is 11.3 Å². The van der Waals surface area contributed by atoms with Gasteiger partial charge in [-0.05, 0) is 24.3 Å². The van der Waals surface area contributed by atoms with Crippen LogP contribution in [0, 0.1) is 20.2 Å². The van der Waals surface area contributed by atoms with Gasteiger partial charge in [-0.1, -0.05) is 11.6 Å². The number of non-ortho nitro benzene ring substituents is 1. The third kappa shape index (κ3) is 4.25. The summed E-state index contributed by atoms with van der Waals surface area (Å²) in [6.07, 6.45) is 2.49. The molecule has 3 aromatic rings. The van der Waals surface area contributed by atoms with Gasteiger partial charge in [-0.15, -0.1) is 0 Å². The van der Waals surface area contributed by atoms with Crippen LogP contribution in [0.3, 0.4) is 0 Å². The van der Waals surface area contributed by atoms with E-state index in [2.05, 4.69) is 15.5 Å². The van der Waals surface area contributed by atoms with E-state index in [9.17, 15) is 20.2 Å². The lowest BCUT2D eigenvalue weighted by molar-refractivity contribution is -0.385. The third-order valence-electron chi connectivity index (χ3n) is 3.39. The highest BCUT2D eigenvalue weighted by atomic mass is 35.5. The van der Waals surface area contributed by atoms with Crippen LogP contribution in [-0.2, 0) is 0 Å². The first kappa shape index (κ1) is 18.0. The molecule has 0 radical (unpaired) electrons. The van der Waals surface area contributed by atoms with Crippen molar-refractivity contribution in [2.24, 2.45) is 5.10 Å². The topological polar surface area (TPSA) is 137 Å². The number of halogens is 1. The summed E-state index contributed by atoms with van der Waals surface area (Å²) in [5.74, 6) is 1.14. The molecule has 1 aromatic carbocycles. The molecule has 0 saturated heterocycles. The number of nitro groups is 2. The lowest BCUT2D eigenvalue weighted by atomic mass is 10.1. The lowest BCUT2D eigenvalue weighted by Gasteiger charge is -2.00. The maximum atomic E-state index is 10.8. The Bertz CT molecular complexity index is 1030. The molecule has 0 aliphatic carbocycles. The minimum Gasteiger partial charge on any atom is -0.455 e. The van der Waals surface area contributed by atoms with Crippen molar-refractivity contribution in [3.05, 3.63) is 79.7 Å². The molecule has 2 heterocycles. The van der Waals surface area contributed by atoms with Gasteiger partial charge in [0.2, 0.25) is 0 Å². The zero-order valence-electron chi connectivity index (χ0n) is 13.4. The molecule has 1 N–H and O–H groups in total. The van der Waals surface area contributed by atoms with Crippen molar-refractivity contribution >= 4 is 35.0 Å². The molecular formula is C16H10ClN5O5. The SMILES string of the molecule is O=[N+]([O-])c1ccc(N/N=C/c2ccc(-c3ccc([N+](=O)[O-])cc3Cl)o2)nc1. The highest BCUT2D eigenvalue weighted by Gasteiger charge is 2.13. The number of nitrogens with zero attached hydrogens (tertiary/aromatic N) is 4. The molecule has 2 aromatic heterocycles. The van der Waals surface area contributed by atoms with Crippen LogP contribution in [0.4, 0.5) is 17.2 Å². The number of furan rings is 1. The third-order valence-corrected chi connectivity index (χ3v) is 3.70. The Balaban J connectivity index is 1.69. The number of pyridine rings is 1. The van der Waals surface area contributed by atoms with Crippen molar-refractivity contribution in [3.8, 4) is 11.3 Å². The fourth-order valence-corrected chi connectivity index (χ4v) is 2.37. The monoisotopic (exact) mass is 387 g/mol. The van der Waals surface area contributed by atoms with Crippen LogP contribution >= 0.6 is 11.6 Å². The molecule has 3 rings (SSSR count). The summed E-state index contributed by atoms with van der Waals surface area (Å²) in [7, 11) is 0. The van der Waals surface area contributed by atoms with Gasteiger partial charge in [0, 0.05) is 23.8 Å². The Morgan fingerprint density at radius 3 is 2.44 bits per heavy atom. The molecule has 11 heteroatoms. The van der Waals surface area contributed by atoms with Crippen molar-refractivity contribution in [3.63, 3.8) is 0 Å². The van der Waals surface area contributed by atoms with Crippen LogP contribution in [0.15, 0.2) is 58.2 Å². The Hall–Kier alpha value is -3.79. The molecular weight excluding hydrogens is 378 g/mol. The second kappa shape index (κ2) is 7.62. The van der Waals surface area contributed by atoms with Crippen molar-refractivity contribution in [1.29, 1.82) is 0 Å². The number of hydrogen-bond acceptors (Lipinski definition) is 8. The van der Waals surface area contributed by atoms with Gasteiger partial charge in [-0.3, -0.25) is 25.7 Å². The molecule has 0 atom stereocenters. The van der Waals surface area contributed by atoms with Gasteiger partial charge in [0.05, 0.1) is 21.1 Å². The predicted octanol–water partition coefficient (Wildman–Crippen LogP) is 4.26. The first-order valence-corrected chi connectivity index (χ1v) is 7.75. The quantitative estimate of drug-likeness (QED) is 0.379. The first-order chi connectivity index (χ1) is 12.9. The van der Waals surface area contributed by atoms with Crippen molar-refractivity contribution in [2.75, 3.05) is 5.43 Å². The Morgan fingerprint density at radius 2 is 1.81 bits per heavy atom. The van der Waals surface area contributed by atoms with Gasteiger partial charge in [-0.25, -0.2) is 4.98 Å². The second-order valence-corrected chi connectivity index (χ2v) is 5.56. The van der Waals surface area contributed by atoms with E-state index in [4.69, 9.17) is 16.0 Å². The van der Waals surface area contributed by atoms with Gasteiger partial charge in [0.25, 0.3) is 11.4 Å². The Morgan fingerprint density at radius 1 is 1.07 bits per heavy atom. The first-order valence-electron chi connectivity index (χ1n) is 7.38. The van der Waals surface area contributed by atoms with Gasteiger partial charge >= 0.3 is 0 Å². The number of rotatable bonds is 6. The van der Waals surface area contributed by atoms with Crippen molar-refractivity contribution in [1.82, 2.24) is 4.98 Å². The summed E-state index contributed by atoms with van der Waals surface area (Å²) in [6, 6.07) is 10.1. The largest absolute Gasteiger partial charge is 0.455 e. The molecule has 0 aliphatic rings. The normalized spacial score (nSPS) is 10.9. The van der Waals surface area contributed by atoms with E-state index in [0.29, 0.717) is 22.9 Å². The number of hydrazone groups is 1. The molecule has 10 nitrogen and oxygen atoms in total. The van der Waals surface area contributed by atoms with E-state index in [1.807, 2.05) is 0 Å². The van der Waals surface area contributed by atoms with Crippen LogP contribution in [0.1, 0.15) is 5.76 Å². The molecule has 0 unspecified atom stereocenters. The zero-order valence-corrected chi connectivity index (χ0v) is 14.2. The van der Waals surface area contributed by atoms with Crippen LogP contribution in [0.2, 0.25) is 5.02 Å². The number of nitrogens with one attached hydrogen (secondary N) is 1. The summed E-state index contributed by atoms with van der Waals surface area (Å²) in [5, 5.41) is 25.4. The van der Waals surface area contributed by atoms with E-state index in [1.165, 1.54) is 36.5 Å². The minimum absolute atomic E-state index is 0.114. The highest BCUT2D eigenvalue weighted by Crippen LogP contribution is 2.32. The van der Waals surface area contributed by atoms with Crippen LogP contribution in [0.5, 0.6) is 0 Å². The standard InChI is InChI=1S/C16H10ClN5O5/c17-14-7-10(21(23)24)1-4-13(14)15-5-3-12(27-15)9-19-20-16-6-2-11(8-18-16)22(25)26/h1-9H,(H,18,20)/b19-9+. The fourth-order valence-electron chi connectivity index (χ4n) is 2.11. The fraction of sp³-hybridized carbons (Fsp3) is 0. The predicted molar refractivity (Wildman–Crippen MR) is 97.9 cm³/mol. The molecule has 0 amide bonds. The Labute approximate surface area is 156 Å². The number of nitro benzene ring substituents is 1. The van der Waals surface area contributed by atoms with E-state index in [0.717, 1.165) is 6.20 Å². The minimum atomic E-state index is -0.548. The van der Waals surface area contributed by atoms with E-state index < -0.39 is 9.85 Å². The maximum Gasteiger partial charge on any atom is 0.287 e. The molecule has 0 aliphatic heterocycles. The molecule has 0 fully saturated rings. The summed E-state index contributed by atoms with van der Waals surface area (Å²) in [5.41, 5.74) is 2.88. The van der Waals surface area contributed by atoms with E-state index >= 15 is 0 Å². The smallest absolute Gasteiger partial charge is 0.287 e. The summed E-state index contributed by atoms with van der Waals surface area (Å²) in [6.45, 7) is 0. The van der Waals surface area contributed by atoms with Crippen LogP contribution in [-0.4, -0.2) is 21.0 Å². The number of benzene rings is 1. The van der Waals surface area contributed by atoms with E-state index in [1.54, 1.807) is 12.1 Å². The van der Waals surface area contributed by atoms with Crippen molar-refractivity contribution < 1.29 is 14.3 Å². The zero-order chi connectivity index (χ0) is 19.4. The van der Waals surface area contributed by atoms with E-state index in [-0.39, 0.29) is 16.4 Å². The highest BCUT2D eigenvalue weighted by molar-refractivity contribution is 6.33. The molecule has 136 valence electrons. The molecule has 0 bridgehead atoms. The number of hydrogen-bond donors (Lipinski definition) is 1. The molecule has 0 spiro atoms. The van der Waals surface area contributed by atoms with Gasteiger partial charge in [0.15, 0.2) is 0 Å². The van der Waals surface area contributed by atoms with Crippen LogP contribution < -0.4 is 5.43 Å². The summed E-state index contributed by atoms with van der Waals surface area (Å²) >= 11 is 6.07. The average molecular weight is 388 g/mol. The number of aromatic nitrogens is 1. The Kier molecular flexibility index (Phi) is 5.08. The van der Waals surface area contributed by atoms with Crippen molar-refractivity contribution in [2.45, 2.75) is 0 Å². The van der Waals surface area contributed by atoms with Gasteiger partial charge in [0.1, 0.15) is 23.5 Å². The van der Waals surface area contributed by atoms with Gasteiger partial charge < -0.3 is 4.42 Å². The van der Waals surface area contributed by atoms with Gasteiger partial charge in [-0.2, -0.15) is 5.10 Å².